The lowest BCUT2D eigenvalue weighted by Crippen LogP contribution is -2.50. The van der Waals surface area contributed by atoms with Gasteiger partial charge in [-0.05, 0) is 18.2 Å². The van der Waals surface area contributed by atoms with Crippen molar-refractivity contribution >= 4 is 21.6 Å². The van der Waals surface area contributed by atoms with Gasteiger partial charge in [0.25, 0.3) is 0 Å². The molecule has 1 aromatic carbocycles. The van der Waals surface area contributed by atoms with Gasteiger partial charge >= 0.3 is 0 Å². The number of nitrogens with one attached hydrogen (secondary N) is 1. The standard InChI is InChI=1S/C12H15BrN2/c1-2-11-9-14-6-7-15(11)12-5-3-4-10(13)8-12/h2-5,8,11,14H,1,6-7,9H2. The zero-order valence-electron chi connectivity index (χ0n) is 8.62. The van der Waals surface area contributed by atoms with Gasteiger partial charge in [-0.15, -0.1) is 6.58 Å². The van der Waals surface area contributed by atoms with E-state index in [1.807, 2.05) is 6.08 Å². The molecular weight excluding hydrogens is 252 g/mol. The lowest BCUT2D eigenvalue weighted by Gasteiger charge is -2.36. The normalized spacial score (nSPS) is 21.4. The van der Waals surface area contributed by atoms with Gasteiger partial charge in [0.05, 0.1) is 6.04 Å². The fraction of sp³-hybridized carbons (Fsp3) is 0.333. The topological polar surface area (TPSA) is 15.3 Å². The van der Waals surface area contributed by atoms with E-state index in [4.69, 9.17) is 0 Å². The van der Waals surface area contributed by atoms with Gasteiger partial charge in [0.1, 0.15) is 0 Å². The van der Waals surface area contributed by atoms with E-state index in [1.54, 1.807) is 0 Å². The average molecular weight is 267 g/mol. The molecular formula is C12H15BrN2. The molecule has 0 amide bonds. The average Bonchev–Trinajstić information content (AvgIpc) is 2.29. The Labute approximate surface area is 99.1 Å². The third-order valence-electron chi connectivity index (χ3n) is 2.70. The molecule has 1 heterocycles. The van der Waals surface area contributed by atoms with Crippen molar-refractivity contribution in [2.45, 2.75) is 6.04 Å². The molecule has 1 aromatic rings. The second kappa shape index (κ2) is 4.81. The van der Waals surface area contributed by atoms with Crippen LogP contribution in [-0.2, 0) is 0 Å². The minimum absolute atomic E-state index is 0.396. The van der Waals surface area contributed by atoms with Crippen LogP contribution in [0, 0.1) is 0 Å². The van der Waals surface area contributed by atoms with E-state index >= 15 is 0 Å². The molecule has 15 heavy (non-hydrogen) atoms. The van der Waals surface area contributed by atoms with Crippen LogP contribution in [0.1, 0.15) is 0 Å². The van der Waals surface area contributed by atoms with Crippen molar-refractivity contribution in [1.82, 2.24) is 5.32 Å². The molecule has 1 fully saturated rings. The summed E-state index contributed by atoms with van der Waals surface area (Å²) in [6.45, 7) is 6.94. The molecule has 80 valence electrons. The molecule has 0 aromatic heterocycles. The van der Waals surface area contributed by atoms with Crippen molar-refractivity contribution in [3.8, 4) is 0 Å². The first-order valence-electron chi connectivity index (χ1n) is 5.17. The highest BCUT2D eigenvalue weighted by atomic mass is 79.9. The maximum Gasteiger partial charge on any atom is 0.0595 e. The van der Waals surface area contributed by atoms with Crippen molar-refractivity contribution in [2.75, 3.05) is 24.5 Å². The monoisotopic (exact) mass is 266 g/mol. The minimum atomic E-state index is 0.396. The number of hydrogen-bond donors (Lipinski definition) is 1. The number of nitrogens with zero attached hydrogens (tertiary/aromatic N) is 1. The van der Waals surface area contributed by atoms with E-state index in [0.29, 0.717) is 6.04 Å². The van der Waals surface area contributed by atoms with Crippen molar-refractivity contribution < 1.29 is 0 Å². The fourth-order valence-corrected chi connectivity index (χ4v) is 2.30. The van der Waals surface area contributed by atoms with E-state index in [-0.39, 0.29) is 0 Å². The first kappa shape index (κ1) is 10.7. The van der Waals surface area contributed by atoms with E-state index in [1.165, 1.54) is 5.69 Å². The molecule has 0 bridgehead atoms. The Kier molecular flexibility index (Phi) is 3.44. The van der Waals surface area contributed by atoms with Crippen LogP contribution in [-0.4, -0.2) is 25.7 Å². The third-order valence-corrected chi connectivity index (χ3v) is 3.19. The Morgan fingerprint density at radius 1 is 1.53 bits per heavy atom. The predicted octanol–water partition coefficient (Wildman–Crippen LogP) is 2.41. The molecule has 0 radical (unpaired) electrons. The number of rotatable bonds is 2. The highest BCUT2D eigenvalue weighted by Crippen LogP contribution is 2.22. The molecule has 0 spiro atoms. The molecule has 1 unspecified atom stereocenters. The summed E-state index contributed by atoms with van der Waals surface area (Å²) in [5, 5.41) is 3.38. The fourth-order valence-electron chi connectivity index (χ4n) is 1.91. The molecule has 1 aliphatic rings. The summed E-state index contributed by atoms with van der Waals surface area (Å²) in [4.78, 5) is 2.38. The van der Waals surface area contributed by atoms with Crippen LogP contribution < -0.4 is 10.2 Å². The second-order valence-electron chi connectivity index (χ2n) is 3.68. The highest BCUT2D eigenvalue weighted by Gasteiger charge is 2.19. The number of anilines is 1. The lowest BCUT2D eigenvalue weighted by molar-refractivity contribution is 0.530. The molecule has 1 saturated heterocycles. The third kappa shape index (κ3) is 2.41. The summed E-state index contributed by atoms with van der Waals surface area (Å²) in [5.74, 6) is 0. The van der Waals surface area contributed by atoms with Gasteiger partial charge in [-0.3, -0.25) is 0 Å². The van der Waals surface area contributed by atoms with Crippen molar-refractivity contribution in [3.05, 3.63) is 41.4 Å². The number of hydrogen-bond acceptors (Lipinski definition) is 2. The predicted molar refractivity (Wildman–Crippen MR) is 68.3 cm³/mol. The van der Waals surface area contributed by atoms with Crippen LogP contribution in [0.15, 0.2) is 41.4 Å². The molecule has 1 atom stereocenters. The number of halogens is 1. The molecule has 0 saturated carbocycles. The second-order valence-corrected chi connectivity index (χ2v) is 4.60. The number of piperazine rings is 1. The van der Waals surface area contributed by atoms with Crippen molar-refractivity contribution in [3.63, 3.8) is 0 Å². The first-order chi connectivity index (χ1) is 7.31. The van der Waals surface area contributed by atoms with Crippen molar-refractivity contribution in [2.24, 2.45) is 0 Å². The Hall–Kier alpha value is -0.800. The van der Waals surface area contributed by atoms with E-state index in [2.05, 4.69) is 57.0 Å². The summed E-state index contributed by atoms with van der Waals surface area (Å²) in [6, 6.07) is 8.82. The Bertz CT molecular complexity index is 351. The molecule has 0 aliphatic carbocycles. The van der Waals surface area contributed by atoms with Crippen LogP contribution in [0.3, 0.4) is 0 Å². The van der Waals surface area contributed by atoms with Gasteiger partial charge < -0.3 is 10.2 Å². The van der Waals surface area contributed by atoms with E-state index in [9.17, 15) is 0 Å². The van der Waals surface area contributed by atoms with Crippen LogP contribution in [0.25, 0.3) is 0 Å². The maximum atomic E-state index is 3.89. The van der Waals surface area contributed by atoms with Crippen LogP contribution >= 0.6 is 15.9 Å². The Balaban J connectivity index is 2.23. The van der Waals surface area contributed by atoms with E-state index in [0.717, 1.165) is 24.1 Å². The van der Waals surface area contributed by atoms with Gasteiger partial charge in [-0.25, -0.2) is 0 Å². The summed E-state index contributed by atoms with van der Waals surface area (Å²) in [6.07, 6.45) is 2.01. The first-order valence-corrected chi connectivity index (χ1v) is 5.96. The van der Waals surface area contributed by atoms with Gasteiger partial charge in [0.2, 0.25) is 0 Å². The van der Waals surface area contributed by atoms with Crippen molar-refractivity contribution in [1.29, 1.82) is 0 Å². The largest absolute Gasteiger partial charge is 0.363 e. The smallest absolute Gasteiger partial charge is 0.0595 e. The molecule has 2 rings (SSSR count). The Morgan fingerprint density at radius 2 is 2.40 bits per heavy atom. The van der Waals surface area contributed by atoms with Crippen LogP contribution in [0.4, 0.5) is 5.69 Å². The van der Waals surface area contributed by atoms with Gasteiger partial charge in [0.15, 0.2) is 0 Å². The number of benzene rings is 1. The van der Waals surface area contributed by atoms with Crippen LogP contribution in [0.2, 0.25) is 0 Å². The minimum Gasteiger partial charge on any atom is -0.363 e. The van der Waals surface area contributed by atoms with Gasteiger partial charge in [0, 0.05) is 29.8 Å². The lowest BCUT2D eigenvalue weighted by atomic mass is 10.1. The molecule has 1 N–H and O–H groups in total. The van der Waals surface area contributed by atoms with Gasteiger partial charge in [-0.1, -0.05) is 28.1 Å². The van der Waals surface area contributed by atoms with Crippen LogP contribution in [0.5, 0.6) is 0 Å². The summed E-state index contributed by atoms with van der Waals surface area (Å²) in [5.41, 5.74) is 1.26. The zero-order valence-corrected chi connectivity index (χ0v) is 10.2. The summed E-state index contributed by atoms with van der Waals surface area (Å²) >= 11 is 3.50. The maximum absolute atomic E-state index is 3.89. The highest BCUT2D eigenvalue weighted by molar-refractivity contribution is 9.10. The Morgan fingerprint density at radius 3 is 3.13 bits per heavy atom. The summed E-state index contributed by atoms with van der Waals surface area (Å²) < 4.78 is 1.13. The summed E-state index contributed by atoms with van der Waals surface area (Å²) in [7, 11) is 0. The quantitative estimate of drug-likeness (QED) is 0.828. The molecule has 2 nitrogen and oxygen atoms in total. The molecule has 3 heteroatoms. The zero-order chi connectivity index (χ0) is 10.7. The molecule has 1 aliphatic heterocycles. The van der Waals surface area contributed by atoms with E-state index < -0.39 is 0 Å². The SMILES string of the molecule is C=CC1CNCCN1c1cccc(Br)c1. The van der Waals surface area contributed by atoms with Gasteiger partial charge in [-0.2, -0.15) is 0 Å².